The Kier molecular flexibility index (Phi) is 4.00. The quantitative estimate of drug-likeness (QED) is 0.680. The van der Waals surface area contributed by atoms with E-state index in [-0.39, 0.29) is 0 Å². The molecule has 0 radical (unpaired) electrons. The van der Waals surface area contributed by atoms with Crippen molar-refractivity contribution in [2.45, 2.75) is 25.4 Å². The first kappa shape index (κ1) is 11.4. The topological polar surface area (TPSA) is 15.7 Å². The fraction of sp³-hybridized carbons (Fsp3) is 1.00. The van der Waals surface area contributed by atoms with Gasteiger partial charge < -0.3 is 14.5 Å². The molecule has 2 fully saturated rings. The lowest BCUT2D eigenvalue weighted by molar-refractivity contribution is -0.0353. The number of likely N-dealkylation sites (N-methyl/N-ethyl adjacent to an activating group) is 1. The van der Waals surface area contributed by atoms with Gasteiger partial charge in [0, 0.05) is 19.6 Å². The van der Waals surface area contributed by atoms with Crippen LogP contribution in [0.15, 0.2) is 0 Å². The SMILES string of the molecule is CN1CCCC(CC2CN(C)CCO2)C1. The van der Waals surface area contributed by atoms with E-state index >= 15 is 0 Å². The van der Waals surface area contributed by atoms with E-state index in [9.17, 15) is 0 Å². The molecule has 2 atom stereocenters. The first-order valence-corrected chi connectivity index (χ1v) is 6.22. The van der Waals surface area contributed by atoms with Crippen LogP contribution in [0.25, 0.3) is 0 Å². The first-order valence-electron chi connectivity index (χ1n) is 6.22. The van der Waals surface area contributed by atoms with Crippen LogP contribution >= 0.6 is 0 Å². The zero-order valence-corrected chi connectivity index (χ0v) is 10.1. The highest BCUT2D eigenvalue weighted by Crippen LogP contribution is 2.22. The summed E-state index contributed by atoms with van der Waals surface area (Å²) < 4.78 is 5.83. The minimum atomic E-state index is 0.486. The molecule has 0 bridgehead atoms. The molecule has 0 amide bonds. The Balaban J connectivity index is 1.75. The third kappa shape index (κ3) is 3.44. The molecular weight excluding hydrogens is 188 g/mol. The number of hydrogen-bond acceptors (Lipinski definition) is 3. The van der Waals surface area contributed by atoms with Crippen molar-refractivity contribution in [2.75, 3.05) is 46.9 Å². The number of ether oxygens (including phenoxy) is 1. The van der Waals surface area contributed by atoms with Crippen LogP contribution in [0, 0.1) is 5.92 Å². The highest BCUT2D eigenvalue weighted by molar-refractivity contribution is 4.77. The molecule has 0 aromatic rings. The Morgan fingerprint density at radius 3 is 2.67 bits per heavy atom. The summed E-state index contributed by atoms with van der Waals surface area (Å²) in [5.41, 5.74) is 0. The van der Waals surface area contributed by atoms with E-state index in [0.717, 1.165) is 25.6 Å². The number of hydrogen-bond donors (Lipinski definition) is 0. The fourth-order valence-corrected chi connectivity index (χ4v) is 2.85. The summed E-state index contributed by atoms with van der Waals surface area (Å²) in [5, 5.41) is 0. The van der Waals surface area contributed by atoms with Crippen LogP contribution < -0.4 is 0 Å². The summed E-state index contributed by atoms with van der Waals surface area (Å²) in [5.74, 6) is 0.861. The van der Waals surface area contributed by atoms with Crippen molar-refractivity contribution < 1.29 is 4.74 Å². The second kappa shape index (κ2) is 5.28. The summed E-state index contributed by atoms with van der Waals surface area (Å²) in [6, 6.07) is 0. The maximum absolute atomic E-state index is 5.83. The molecule has 0 saturated carbocycles. The molecule has 0 spiro atoms. The maximum atomic E-state index is 5.83. The number of likely N-dealkylation sites (tertiary alicyclic amines) is 1. The van der Waals surface area contributed by atoms with Gasteiger partial charge in [0.1, 0.15) is 0 Å². The van der Waals surface area contributed by atoms with Gasteiger partial charge in [-0.25, -0.2) is 0 Å². The van der Waals surface area contributed by atoms with Crippen LogP contribution in [-0.2, 0) is 4.74 Å². The number of piperidine rings is 1. The predicted octanol–water partition coefficient (Wildman–Crippen LogP) is 1.05. The molecule has 0 N–H and O–H groups in total. The van der Waals surface area contributed by atoms with Crippen molar-refractivity contribution in [1.82, 2.24) is 9.80 Å². The van der Waals surface area contributed by atoms with Gasteiger partial charge in [-0.2, -0.15) is 0 Å². The zero-order chi connectivity index (χ0) is 10.7. The average Bonchev–Trinajstić information content (AvgIpc) is 2.17. The highest BCUT2D eigenvalue weighted by Gasteiger charge is 2.24. The van der Waals surface area contributed by atoms with Gasteiger partial charge in [0.15, 0.2) is 0 Å². The van der Waals surface area contributed by atoms with Crippen LogP contribution in [0.4, 0.5) is 0 Å². The highest BCUT2D eigenvalue weighted by atomic mass is 16.5. The maximum Gasteiger partial charge on any atom is 0.0705 e. The summed E-state index contributed by atoms with van der Waals surface area (Å²) in [4.78, 5) is 4.85. The van der Waals surface area contributed by atoms with Crippen LogP contribution in [0.5, 0.6) is 0 Å². The Morgan fingerprint density at radius 2 is 1.93 bits per heavy atom. The molecule has 2 aliphatic heterocycles. The monoisotopic (exact) mass is 212 g/mol. The molecule has 2 saturated heterocycles. The van der Waals surface area contributed by atoms with Gasteiger partial charge in [-0.1, -0.05) is 0 Å². The van der Waals surface area contributed by atoms with Crippen LogP contribution in [0.1, 0.15) is 19.3 Å². The lowest BCUT2D eigenvalue weighted by atomic mass is 9.92. The summed E-state index contributed by atoms with van der Waals surface area (Å²) >= 11 is 0. The van der Waals surface area contributed by atoms with Gasteiger partial charge in [-0.15, -0.1) is 0 Å². The smallest absolute Gasteiger partial charge is 0.0705 e. The molecule has 2 rings (SSSR count). The Hall–Kier alpha value is -0.120. The van der Waals surface area contributed by atoms with Gasteiger partial charge in [-0.05, 0) is 45.8 Å². The summed E-state index contributed by atoms with van der Waals surface area (Å²) in [6.07, 6.45) is 4.51. The van der Waals surface area contributed by atoms with E-state index in [4.69, 9.17) is 4.74 Å². The number of morpholine rings is 1. The van der Waals surface area contributed by atoms with E-state index in [2.05, 4.69) is 23.9 Å². The zero-order valence-electron chi connectivity index (χ0n) is 10.1. The van der Waals surface area contributed by atoms with Crippen molar-refractivity contribution in [3.05, 3.63) is 0 Å². The van der Waals surface area contributed by atoms with Gasteiger partial charge >= 0.3 is 0 Å². The molecule has 3 nitrogen and oxygen atoms in total. The second-order valence-corrected chi connectivity index (χ2v) is 5.26. The van der Waals surface area contributed by atoms with Crippen molar-refractivity contribution in [3.8, 4) is 0 Å². The van der Waals surface area contributed by atoms with E-state index in [1.54, 1.807) is 0 Å². The fourth-order valence-electron chi connectivity index (χ4n) is 2.85. The number of nitrogens with zero attached hydrogens (tertiary/aromatic N) is 2. The molecule has 0 aromatic carbocycles. The van der Waals surface area contributed by atoms with Gasteiger partial charge in [0.2, 0.25) is 0 Å². The molecule has 2 heterocycles. The predicted molar refractivity (Wildman–Crippen MR) is 62.1 cm³/mol. The minimum Gasteiger partial charge on any atom is -0.376 e. The summed E-state index contributed by atoms with van der Waals surface area (Å²) in [7, 11) is 4.43. The molecular formula is C12H24N2O. The second-order valence-electron chi connectivity index (χ2n) is 5.26. The Labute approximate surface area is 93.4 Å². The molecule has 0 aliphatic carbocycles. The van der Waals surface area contributed by atoms with Crippen LogP contribution in [0.3, 0.4) is 0 Å². The Bertz CT molecular complexity index is 178. The standard InChI is InChI=1S/C12H24N2O/c1-13-5-3-4-11(9-13)8-12-10-14(2)6-7-15-12/h11-12H,3-10H2,1-2H3. The van der Waals surface area contributed by atoms with Gasteiger partial charge in [0.25, 0.3) is 0 Å². The van der Waals surface area contributed by atoms with Crippen LogP contribution in [0.2, 0.25) is 0 Å². The molecule has 3 heteroatoms. The molecule has 15 heavy (non-hydrogen) atoms. The normalized spacial score (nSPS) is 35.6. The van der Waals surface area contributed by atoms with E-state index in [1.165, 1.54) is 32.4 Å². The average molecular weight is 212 g/mol. The largest absolute Gasteiger partial charge is 0.376 e. The molecule has 2 unspecified atom stereocenters. The first-order chi connectivity index (χ1) is 7.24. The lowest BCUT2D eigenvalue weighted by Gasteiger charge is -2.35. The van der Waals surface area contributed by atoms with Crippen molar-refractivity contribution >= 4 is 0 Å². The van der Waals surface area contributed by atoms with E-state index in [0.29, 0.717) is 6.10 Å². The molecule has 0 aromatic heterocycles. The van der Waals surface area contributed by atoms with Crippen molar-refractivity contribution in [2.24, 2.45) is 5.92 Å². The Morgan fingerprint density at radius 1 is 1.13 bits per heavy atom. The van der Waals surface area contributed by atoms with Gasteiger partial charge in [-0.3, -0.25) is 0 Å². The minimum absolute atomic E-state index is 0.486. The van der Waals surface area contributed by atoms with Crippen molar-refractivity contribution in [3.63, 3.8) is 0 Å². The lowest BCUT2D eigenvalue weighted by Crippen LogP contribution is -2.42. The molecule has 88 valence electrons. The summed E-state index contributed by atoms with van der Waals surface area (Å²) in [6.45, 7) is 5.69. The number of rotatable bonds is 2. The van der Waals surface area contributed by atoms with E-state index in [1.807, 2.05) is 0 Å². The third-order valence-corrected chi connectivity index (χ3v) is 3.66. The van der Waals surface area contributed by atoms with Crippen LogP contribution in [-0.4, -0.2) is 62.8 Å². The van der Waals surface area contributed by atoms with Gasteiger partial charge in [0.05, 0.1) is 12.7 Å². The van der Waals surface area contributed by atoms with Crippen molar-refractivity contribution in [1.29, 1.82) is 0 Å². The van der Waals surface area contributed by atoms with E-state index < -0.39 is 0 Å². The third-order valence-electron chi connectivity index (χ3n) is 3.66. The molecule has 2 aliphatic rings.